The number of halogens is 3. The number of nitrogens with one attached hydrogen (secondary N) is 1. The van der Waals surface area contributed by atoms with E-state index in [0.717, 1.165) is 39.6 Å². The van der Waals surface area contributed by atoms with Crippen LogP contribution >= 0.6 is 45.8 Å². The van der Waals surface area contributed by atoms with Gasteiger partial charge in [0.2, 0.25) is 5.91 Å². The first kappa shape index (κ1) is 14.5. The molecule has 1 aliphatic rings. The topological polar surface area (TPSA) is 34.0 Å². The Morgan fingerprint density at radius 2 is 2.20 bits per heavy atom. The van der Waals surface area contributed by atoms with Gasteiger partial charge < -0.3 is 9.88 Å². The molecule has 1 aromatic heterocycles. The quantitative estimate of drug-likeness (QED) is 0.673. The van der Waals surface area contributed by atoms with Gasteiger partial charge in [-0.3, -0.25) is 4.79 Å². The van der Waals surface area contributed by atoms with Gasteiger partial charge in [0.05, 0.1) is 27.3 Å². The minimum atomic E-state index is -0.00589. The first-order chi connectivity index (χ1) is 9.50. The molecular weight excluding hydrogens is 410 g/mol. The molecule has 3 rings (SSSR count). The lowest BCUT2D eigenvalue weighted by Crippen LogP contribution is -2.31. The smallest absolute Gasteiger partial charge is 0.217 e. The zero-order valence-corrected chi connectivity index (χ0v) is 14.5. The Morgan fingerprint density at radius 3 is 2.90 bits per heavy atom. The van der Waals surface area contributed by atoms with Gasteiger partial charge in [0.15, 0.2) is 0 Å². The highest BCUT2D eigenvalue weighted by atomic mass is 127. The minimum Gasteiger partial charge on any atom is -0.348 e. The Kier molecular flexibility index (Phi) is 3.90. The molecule has 1 unspecified atom stereocenters. The van der Waals surface area contributed by atoms with Gasteiger partial charge >= 0.3 is 0 Å². The molecule has 6 heteroatoms. The van der Waals surface area contributed by atoms with Crippen LogP contribution in [0.25, 0.3) is 10.9 Å². The number of carbonyl (C=O) groups is 1. The molecule has 0 aliphatic carbocycles. The molecule has 1 atom stereocenters. The monoisotopic (exact) mass is 422 g/mol. The second-order valence-corrected chi connectivity index (χ2v) is 6.87. The molecule has 20 heavy (non-hydrogen) atoms. The van der Waals surface area contributed by atoms with E-state index in [1.165, 1.54) is 0 Å². The van der Waals surface area contributed by atoms with E-state index < -0.39 is 0 Å². The van der Waals surface area contributed by atoms with Crippen LogP contribution in [0.3, 0.4) is 0 Å². The molecular formula is C14H13Cl2IN2O. The van der Waals surface area contributed by atoms with E-state index in [1.807, 2.05) is 12.1 Å². The van der Waals surface area contributed by atoms with Gasteiger partial charge in [0.1, 0.15) is 0 Å². The fraction of sp³-hybridized carbons (Fsp3) is 0.357. The number of hydrogen-bond acceptors (Lipinski definition) is 1. The van der Waals surface area contributed by atoms with Crippen molar-refractivity contribution in [2.75, 3.05) is 0 Å². The van der Waals surface area contributed by atoms with Crippen molar-refractivity contribution in [2.24, 2.45) is 0 Å². The first-order valence-corrected chi connectivity index (χ1v) is 8.27. The molecule has 106 valence electrons. The maximum atomic E-state index is 11.4. The van der Waals surface area contributed by atoms with Crippen LogP contribution in [0.4, 0.5) is 0 Å². The highest BCUT2D eigenvalue weighted by Crippen LogP contribution is 2.41. The van der Waals surface area contributed by atoms with Crippen molar-refractivity contribution in [2.45, 2.75) is 32.4 Å². The predicted molar refractivity (Wildman–Crippen MR) is 90.5 cm³/mol. The molecule has 2 heterocycles. The maximum absolute atomic E-state index is 11.4. The summed E-state index contributed by atoms with van der Waals surface area (Å²) >= 11 is 14.9. The van der Waals surface area contributed by atoms with E-state index in [4.69, 9.17) is 23.2 Å². The van der Waals surface area contributed by atoms with Gasteiger partial charge in [-0.1, -0.05) is 29.3 Å². The highest BCUT2D eigenvalue weighted by molar-refractivity contribution is 14.1. The van der Waals surface area contributed by atoms with E-state index in [2.05, 4.69) is 32.5 Å². The zero-order valence-electron chi connectivity index (χ0n) is 10.8. The van der Waals surface area contributed by atoms with Crippen molar-refractivity contribution in [1.29, 1.82) is 0 Å². The number of carbonyl (C=O) groups excluding carboxylic acids is 1. The lowest BCUT2D eigenvalue weighted by molar-refractivity contribution is -0.119. The van der Waals surface area contributed by atoms with Crippen LogP contribution in [0.1, 0.15) is 31.5 Å². The average Bonchev–Trinajstić information content (AvgIpc) is 2.68. The molecule has 2 aromatic rings. The molecule has 1 N–H and O–H groups in total. The summed E-state index contributed by atoms with van der Waals surface area (Å²) in [6, 6.07) is 3.88. The Balaban J connectivity index is 2.27. The van der Waals surface area contributed by atoms with Crippen molar-refractivity contribution in [3.05, 3.63) is 31.4 Å². The number of benzene rings is 1. The van der Waals surface area contributed by atoms with E-state index in [9.17, 15) is 4.79 Å². The zero-order chi connectivity index (χ0) is 14.4. The summed E-state index contributed by atoms with van der Waals surface area (Å²) in [5, 5.41) is 5.30. The summed E-state index contributed by atoms with van der Waals surface area (Å²) in [5.74, 6) is -0.00589. The van der Waals surface area contributed by atoms with E-state index in [1.54, 1.807) is 6.92 Å². The first-order valence-electron chi connectivity index (χ1n) is 6.43. The Bertz CT molecular complexity index is 711. The summed E-state index contributed by atoms with van der Waals surface area (Å²) in [7, 11) is 0. The predicted octanol–water partition coefficient (Wildman–Crippen LogP) is 4.52. The van der Waals surface area contributed by atoms with Crippen LogP contribution < -0.4 is 5.32 Å². The second kappa shape index (κ2) is 5.39. The molecule has 0 bridgehead atoms. The molecule has 0 saturated heterocycles. The van der Waals surface area contributed by atoms with Crippen molar-refractivity contribution >= 4 is 62.6 Å². The van der Waals surface area contributed by atoms with Crippen LogP contribution in [-0.2, 0) is 11.3 Å². The summed E-state index contributed by atoms with van der Waals surface area (Å²) in [5.41, 5.74) is 2.12. The van der Waals surface area contributed by atoms with E-state index >= 15 is 0 Å². The van der Waals surface area contributed by atoms with E-state index in [-0.39, 0.29) is 11.9 Å². The standard InChI is InChI=1S/C14H13Cl2IN2O/c1-7(20)18-10-3-2-6-19-13-8(12(17)14(10)19)4-5-9(15)11(13)16/h4-5,10H,2-3,6H2,1H3,(H,18,20). The Hall–Kier alpha value is -0.460. The number of aromatic nitrogens is 1. The third-order valence-electron chi connectivity index (χ3n) is 3.67. The number of fused-ring (bicyclic) bond motifs is 3. The van der Waals surface area contributed by atoms with Crippen LogP contribution in [-0.4, -0.2) is 10.5 Å². The number of nitrogens with zero attached hydrogens (tertiary/aromatic N) is 1. The Morgan fingerprint density at radius 1 is 1.45 bits per heavy atom. The van der Waals surface area contributed by atoms with Crippen LogP contribution in [0, 0.1) is 3.57 Å². The van der Waals surface area contributed by atoms with Gasteiger partial charge in [-0.25, -0.2) is 0 Å². The second-order valence-electron chi connectivity index (χ2n) is 5.00. The SMILES string of the molecule is CC(=O)NC1CCCn2c1c(I)c1ccc(Cl)c(Cl)c12. The average molecular weight is 423 g/mol. The minimum absolute atomic E-state index is 0.00589. The maximum Gasteiger partial charge on any atom is 0.217 e. The normalized spacial score (nSPS) is 18.1. The molecule has 3 nitrogen and oxygen atoms in total. The fourth-order valence-electron chi connectivity index (χ4n) is 2.91. The van der Waals surface area contributed by atoms with Crippen LogP contribution in [0.5, 0.6) is 0 Å². The molecule has 1 amide bonds. The summed E-state index contributed by atoms with van der Waals surface area (Å²) in [6.07, 6.45) is 1.97. The van der Waals surface area contributed by atoms with Crippen molar-refractivity contribution in [3.8, 4) is 0 Å². The molecule has 1 aromatic carbocycles. The fourth-order valence-corrected chi connectivity index (χ4v) is 4.43. The van der Waals surface area contributed by atoms with Crippen LogP contribution in [0.15, 0.2) is 12.1 Å². The summed E-state index contributed by atoms with van der Waals surface area (Å²) in [6.45, 7) is 2.46. The number of hydrogen-bond donors (Lipinski definition) is 1. The lowest BCUT2D eigenvalue weighted by Gasteiger charge is -2.26. The molecule has 0 radical (unpaired) electrons. The van der Waals surface area contributed by atoms with Gasteiger partial charge in [-0.05, 0) is 41.5 Å². The van der Waals surface area contributed by atoms with E-state index in [0.29, 0.717) is 10.0 Å². The highest BCUT2D eigenvalue weighted by Gasteiger charge is 2.28. The molecule has 0 saturated carbocycles. The largest absolute Gasteiger partial charge is 0.348 e. The van der Waals surface area contributed by atoms with Gasteiger partial charge in [0, 0.05) is 22.4 Å². The summed E-state index contributed by atoms with van der Waals surface area (Å²) < 4.78 is 3.35. The summed E-state index contributed by atoms with van der Waals surface area (Å²) in [4.78, 5) is 11.4. The number of rotatable bonds is 1. The van der Waals surface area contributed by atoms with Gasteiger partial charge in [0.25, 0.3) is 0 Å². The number of amides is 1. The van der Waals surface area contributed by atoms with Crippen molar-refractivity contribution in [3.63, 3.8) is 0 Å². The van der Waals surface area contributed by atoms with Crippen molar-refractivity contribution in [1.82, 2.24) is 9.88 Å². The van der Waals surface area contributed by atoms with Gasteiger partial charge in [-0.15, -0.1) is 0 Å². The Labute approximate surface area is 140 Å². The van der Waals surface area contributed by atoms with Crippen LogP contribution in [0.2, 0.25) is 10.0 Å². The van der Waals surface area contributed by atoms with Crippen molar-refractivity contribution < 1.29 is 4.79 Å². The molecule has 0 fully saturated rings. The number of aryl methyl sites for hydroxylation is 1. The molecule has 1 aliphatic heterocycles. The lowest BCUT2D eigenvalue weighted by atomic mass is 10.0. The third-order valence-corrected chi connectivity index (χ3v) is 5.60. The van der Waals surface area contributed by atoms with Gasteiger partial charge in [-0.2, -0.15) is 0 Å². The molecule has 0 spiro atoms. The third kappa shape index (κ3) is 2.22.